The molecular formula is C14H20OS. The fourth-order valence-electron chi connectivity index (χ4n) is 2.35. The first-order valence-electron chi connectivity index (χ1n) is 6.03. The van der Waals surface area contributed by atoms with Crippen LogP contribution in [0.15, 0.2) is 24.3 Å². The van der Waals surface area contributed by atoms with Crippen molar-refractivity contribution in [1.29, 1.82) is 0 Å². The van der Waals surface area contributed by atoms with Gasteiger partial charge in [0.05, 0.1) is 5.60 Å². The van der Waals surface area contributed by atoms with Crippen molar-refractivity contribution in [3.8, 4) is 0 Å². The van der Waals surface area contributed by atoms with Crippen molar-refractivity contribution in [1.82, 2.24) is 0 Å². The normalized spacial score (nSPS) is 29.6. The Morgan fingerprint density at radius 1 is 1.31 bits per heavy atom. The molecule has 1 saturated heterocycles. The van der Waals surface area contributed by atoms with E-state index in [1.165, 1.54) is 11.1 Å². The van der Waals surface area contributed by atoms with Gasteiger partial charge < -0.3 is 5.11 Å². The maximum Gasteiger partial charge on any atom is 0.0788 e. The summed E-state index contributed by atoms with van der Waals surface area (Å²) in [7, 11) is 0. The van der Waals surface area contributed by atoms with E-state index in [4.69, 9.17) is 0 Å². The maximum absolute atomic E-state index is 10.4. The van der Waals surface area contributed by atoms with Gasteiger partial charge in [-0.25, -0.2) is 0 Å². The maximum atomic E-state index is 10.4. The predicted octanol–water partition coefficient (Wildman–Crippen LogP) is 3.05. The summed E-state index contributed by atoms with van der Waals surface area (Å²) in [6.45, 7) is 4.36. The summed E-state index contributed by atoms with van der Waals surface area (Å²) >= 11 is 1.88. The summed E-state index contributed by atoms with van der Waals surface area (Å²) in [5.74, 6) is 0.879. The van der Waals surface area contributed by atoms with E-state index < -0.39 is 5.60 Å². The molecule has 0 saturated carbocycles. The lowest BCUT2D eigenvalue weighted by atomic mass is 9.92. The lowest BCUT2D eigenvalue weighted by Crippen LogP contribution is -2.31. The molecule has 0 bridgehead atoms. The molecule has 1 aromatic carbocycles. The number of rotatable bonds is 3. The van der Waals surface area contributed by atoms with Gasteiger partial charge in [-0.15, -0.1) is 0 Å². The molecule has 16 heavy (non-hydrogen) atoms. The number of thioether (sulfide) groups is 1. The molecule has 1 aliphatic rings. The summed E-state index contributed by atoms with van der Waals surface area (Å²) in [6.07, 6.45) is 2.80. The Bertz CT molecular complexity index is 346. The van der Waals surface area contributed by atoms with Crippen LogP contribution in [-0.4, -0.2) is 21.7 Å². The summed E-state index contributed by atoms with van der Waals surface area (Å²) in [4.78, 5) is 0. The minimum absolute atomic E-state index is 0.474. The Morgan fingerprint density at radius 3 is 2.44 bits per heavy atom. The molecule has 0 amide bonds. The van der Waals surface area contributed by atoms with E-state index in [2.05, 4.69) is 38.1 Å². The van der Waals surface area contributed by atoms with Crippen LogP contribution in [0.5, 0.6) is 0 Å². The molecule has 1 aliphatic heterocycles. The van der Waals surface area contributed by atoms with Gasteiger partial charge in [0.15, 0.2) is 0 Å². The third kappa shape index (κ3) is 2.80. The Balaban J connectivity index is 2.03. The van der Waals surface area contributed by atoms with Crippen LogP contribution in [0.4, 0.5) is 0 Å². The summed E-state index contributed by atoms with van der Waals surface area (Å²) in [5.41, 5.74) is 2.15. The van der Waals surface area contributed by atoms with Crippen molar-refractivity contribution in [3.63, 3.8) is 0 Å². The van der Waals surface area contributed by atoms with Gasteiger partial charge in [0.25, 0.3) is 0 Å². The first kappa shape index (κ1) is 12.0. The summed E-state index contributed by atoms with van der Waals surface area (Å²) < 4.78 is 0. The molecule has 0 aromatic heterocycles. The monoisotopic (exact) mass is 236 g/mol. The van der Waals surface area contributed by atoms with Gasteiger partial charge in [-0.3, -0.25) is 0 Å². The van der Waals surface area contributed by atoms with Crippen molar-refractivity contribution in [2.24, 2.45) is 0 Å². The highest BCUT2D eigenvalue weighted by Crippen LogP contribution is 2.36. The first-order chi connectivity index (χ1) is 7.61. The van der Waals surface area contributed by atoms with Crippen LogP contribution >= 0.6 is 11.8 Å². The number of hydrogen-bond acceptors (Lipinski definition) is 2. The number of hydrogen-bond donors (Lipinski definition) is 1. The van der Waals surface area contributed by atoms with E-state index in [9.17, 15) is 5.11 Å². The van der Waals surface area contributed by atoms with Crippen molar-refractivity contribution >= 4 is 11.8 Å². The number of benzene rings is 1. The van der Waals surface area contributed by atoms with Crippen molar-refractivity contribution in [2.45, 2.75) is 44.0 Å². The minimum atomic E-state index is -0.474. The van der Waals surface area contributed by atoms with E-state index in [0.29, 0.717) is 5.25 Å². The molecular weight excluding hydrogens is 216 g/mol. The second-order valence-corrected chi connectivity index (χ2v) is 6.32. The van der Waals surface area contributed by atoms with Crippen LogP contribution in [0.25, 0.3) is 0 Å². The Morgan fingerprint density at radius 2 is 1.94 bits per heavy atom. The molecule has 1 aromatic rings. The third-order valence-electron chi connectivity index (χ3n) is 3.27. The quantitative estimate of drug-likeness (QED) is 0.870. The van der Waals surface area contributed by atoms with E-state index in [1.54, 1.807) is 0 Å². The summed E-state index contributed by atoms with van der Waals surface area (Å²) in [5, 5.41) is 11.0. The lowest BCUT2D eigenvalue weighted by molar-refractivity contribution is 0.0642. The van der Waals surface area contributed by atoms with E-state index in [1.807, 2.05) is 11.8 Å². The van der Waals surface area contributed by atoms with Gasteiger partial charge in [-0.05, 0) is 24.0 Å². The molecule has 0 radical (unpaired) electrons. The van der Waals surface area contributed by atoms with Gasteiger partial charge in [-0.1, -0.05) is 38.1 Å². The van der Waals surface area contributed by atoms with Crippen LogP contribution in [0, 0.1) is 0 Å². The minimum Gasteiger partial charge on any atom is -0.389 e. The highest BCUT2D eigenvalue weighted by molar-refractivity contribution is 8.00. The molecule has 2 heteroatoms. The van der Waals surface area contributed by atoms with Gasteiger partial charge in [0.1, 0.15) is 0 Å². The van der Waals surface area contributed by atoms with Crippen LogP contribution in [-0.2, 0) is 12.8 Å². The molecule has 1 N–H and O–H groups in total. The van der Waals surface area contributed by atoms with Gasteiger partial charge in [0, 0.05) is 17.4 Å². The number of aliphatic hydroxyl groups is 1. The van der Waals surface area contributed by atoms with Crippen molar-refractivity contribution in [3.05, 3.63) is 35.4 Å². The Labute approximate surface area is 102 Å². The van der Waals surface area contributed by atoms with Gasteiger partial charge in [0.2, 0.25) is 0 Å². The van der Waals surface area contributed by atoms with Crippen LogP contribution < -0.4 is 0 Å². The molecule has 0 aliphatic carbocycles. The SMILES string of the molecule is CCc1ccc(CC2(O)CSC(C)C2)cc1. The molecule has 2 atom stereocenters. The third-order valence-corrected chi connectivity index (χ3v) is 4.71. The number of aryl methyl sites for hydroxylation is 1. The smallest absolute Gasteiger partial charge is 0.0788 e. The van der Waals surface area contributed by atoms with Crippen LogP contribution in [0.3, 0.4) is 0 Å². The molecule has 1 heterocycles. The van der Waals surface area contributed by atoms with Crippen LogP contribution in [0.1, 0.15) is 31.4 Å². The zero-order valence-electron chi connectivity index (χ0n) is 10.1. The molecule has 0 spiro atoms. The average molecular weight is 236 g/mol. The Hall–Kier alpha value is -0.470. The van der Waals surface area contributed by atoms with Gasteiger partial charge in [-0.2, -0.15) is 11.8 Å². The molecule has 2 unspecified atom stereocenters. The second-order valence-electron chi connectivity index (χ2n) is 4.90. The fraction of sp³-hybridized carbons (Fsp3) is 0.571. The molecule has 88 valence electrons. The highest BCUT2D eigenvalue weighted by Gasteiger charge is 2.35. The molecule has 1 nitrogen and oxygen atoms in total. The first-order valence-corrected chi connectivity index (χ1v) is 7.08. The van der Waals surface area contributed by atoms with Crippen molar-refractivity contribution < 1.29 is 5.11 Å². The van der Waals surface area contributed by atoms with Gasteiger partial charge >= 0.3 is 0 Å². The predicted molar refractivity (Wildman–Crippen MR) is 71.0 cm³/mol. The average Bonchev–Trinajstić information content (AvgIpc) is 2.59. The fourth-order valence-corrected chi connectivity index (χ4v) is 3.59. The zero-order valence-corrected chi connectivity index (χ0v) is 10.9. The Kier molecular flexibility index (Phi) is 3.60. The highest BCUT2D eigenvalue weighted by atomic mass is 32.2. The second kappa shape index (κ2) is 4.80. The van der Waals surface area contributed by atoms with E-state index in [0.717, 1.165) is 25.0 Å². The standard InChI is InChI=1S/C14H20OS/c1-3-12-4-6-13(7-5-12)9-14(15)8-11(2)16-10-14/h4-7,11,15H,3,8-10H2,1-2H3. The molecule has 2 rings (SSSR count). The van der Waals surface area contributed by atoms with E-state index in [-0.39, 0.29) is 0 Å². The molecule has 1 fully saturated rings. The topological polar surface area (TPSA) is 20.2 Å². The lowest BCUT2D eigenvalue weighted by Gasteiger charge is -2.21. The summed E-state index contributed by atoms with van der Waals surface area (Å²) in [6, 6.07) is 8.66. The zero-order chi connectivity index (χ0) is 11.6. The largest absolute Gasteiger partial charge is 0.389 e. The van der Waals surface area contributed by atoms with Crippen LogP contribution in [0.2, 0.25) is 0 Å². The van der Waals surface area contributed by atoms with E-state index >= 15 is 0 Å². The van der Waals surface area contributed by atoms with Crippen molar-refractivity contribution in [2.75, 3.05) is 5.75 Å².